The van der Waals surface area contributed by atoms with Gasteiger partial charge in [-0.25, -0.2) is 4.68 Å². The Balaban J connectivity index is 1.85. The lowest BCUT2D eigenvalue weighted by atomic mass is 9.94. The van der Waals surface area contributed by atoms with E-state index in [1.807, 2.05) is 4.68 Å². The number of aromatic nitrogens is 4. The van der Waals surface area contributed by atoms with E-state index in [9.17, 15) is 0 Å². The maximum absolute atomic E-state index is 5.58. The van der Waals surface area contributed by atoms with Gasteiger partial charge in [0.05, 0.1) is 19.3 Å². The van der Waals surface area contributed by atoms with Crippen LogP contribution in [0, 0.1) is 0 Å². The van der Waals surface area contributed by atoms with Crippen molar-refractivity contribution in [2.24, 2.45) is 0 Å². The molecule has 6 nitrogen and oxygen atoms in total. The predicted molar refractivity (Wildman–Crippen MR) is 66.1 cm³/mol. The van der Waals surface area contributed by atoms with Crippen molar-refractivity contribution in [2.45, 2.75) is 50.6 Å². The van der Waals surface area contributed by atoms with Crippen molar-refractivity contribution in [3.05, 3.63) is 5.82 Å². The smallest absolute Gasteiger partial charge is 0.173 e. The third kappa shape index (κ3) is 2.14. The van der Waals surface area contributed by atoms with Gasteiger partial charge in [-0.2, -0.15) is 0 Å². The topological polar surface area (TPSA) is 64.9 Å². The van der Waals surface area contributed by atoms with E-state index in [-0.39, 0.29) is 5.54 Å². The van der Waals surface area contributed by atoms with E-state index < -0.39 is 0 Å². The second-order valence-electron chi connectivity index (χ2n) is 5.55. The van der Waals surface area contributed by atoms with Crippen LogP contribution in [0.5, 0.6) is 0 Å². The molecule has 1 atom stereocenters. The van der Waals surface area contributed by atoms with Crippen molar-refractivity contribution in [1.29, 1.82) is 0 Å². The molecule has 3 rings (SSSR count). The lowest BCUT2D eigenvalue weighted by molar-refractivity contribution is 0.0265. The molecule has 2 heterocycles. The Morgan fingerprint density at radius 2 is 2.17 bits per heavy atom. The first-order chi connectivity index (χ1) is 8.80. The number of nitrogens with zero attached hydrogens (tertiary/aromatic N) is 4. The number of hydrogen-bond donors (Lipinski definition) is 1. The van der Waals surface area contributed by atoms with Crippen molar-refractivity contribution >= 4 is 0 Å². The van der Waals surface area contributed by atoms with Crippen LogP contribution in [0.15, 0.2) is 0 Å². The van der Waals surface area contributed by atoms with Crippen molar-refractivity contribution in [3.8, 4) is 0 Å². The van der Waals surface area contributed by atoms with E-state index in [0.29, 0.717) is 12.6 Å². The van der Waals surface area contributed by atoms with E-state index in [0.717, 1.165) is 19.0 Å². The molecular formula is C12H21N5O. The maximum Gasteiger partial charge on any atom is 0.173 e. The summed E-state index contributed by atoms with van der Waals surface area (Å²) in [5.74, 6) is 0.925. The zero-order valence-corrected chi connectivity index (χ0v) is 10.9. The molecule has 100 valence electrons. The van der Waals surface area contributed by atoms with Crippen LogP contribution in [0.4, 0.5) is 0 Å². The van der Waals surface area contributed by atoms with Gasteiger partial charge in [0.15, 0.2) is 5.82 Å². The Hall–Kier alpha value is -1.01. The molecule has 2 aliphatic rings. The molecule has 1 saturated carbocycles. The number of hydrogen-bond acceptors (Lipinski definition) is 5. The lowest BCUT2D eigenvalue weighted by Crippen LogP contribution is -2.51. The third-order valence-electron chi connectivity index (χ3n) is 4.06. The van der Waals surface area contributed by atoms with E-state index in [1.54, 1.807) is 0 Å². The Kier molecular flexibility index (Phi) is 3.30. The molecule has 0 bridgehead atoms. The lowest BCUT2D eigenvalue weighted by Gasteiger charge is -2.35. The second kappa shape index (κ2) is 4.93. The van der Waals surface area contributed by atoms with Crippen LogP contribution < -0.4 is 5.32 Å². The van der Waals surface area contributed by atoms with Crippen molar-refractivity contribution in [1.82, 2.24) is 25.5 Å². The number of ether oxygens (including phenoxy) is 1. The summed E-state index contributed by atoms with van der Waals surface area (Å²) in [6.07, 6.45) is 6.28. The van der Waals surface area contributed by atoms with Gasteiger partial charge in [0.25, 0.3) is 0 Å². The molecule has 1 aromatic heterocycles. The van der Waals surface area contributed by atoms with Crippen LogP contribution in [-0.4, -0.2) is 40.0 Å². The molecule has 0 spiro atoms. The monoisotopic (exact) mass is 251 g/mol. The Morgan fingerprint density at radius 1 is 1.33 bits per heavy atom. The van der Waals surface area contributed by atoms with Crippen LogP contribution >= 0.6 is 0 Å². The first-order valence-corrected chi connectivity index (χ1v) is 6.91. The van der Waals surface area contributed by atoms with E-state index in [2.05, 4.69) is 27.8 Å². The van der Waals surface area contributed by atoms with Gasteiger partial charge in [-0.3, -0.25) is 0 Å². The molecule has 18 heavy (non-hydrogen) atoms. The summed E-state index contributed by atoms with van der Waals surface area (Å²) in [6.45, 7) is 4.38. The summed E-state index contributed by atoms with van der Waals surface area (Å²) >= 11 is 0. The standard InChI is InChI=1S/C12H21N5O/c1-12(9-18-8-7-13-12)11-14-15-16-17(11)10-5-3-2-4-6-10/h10,13H,2-9H2,1H3. The fourth-order valence-corrected chi connectivity index (χ4v) is 3.00. The van der Waals surface area contributed by atoms with Gasteiger partial charge >= 0.3 is 0 Å². The fourth-order valence-electron chi connectivity index (χ4n) is 3.00. The van der Waals surface area contributed by atoms with Crippen molar-refractivity contribution in [3.63, 3.8) is 0 Å². The summed E-state index contributed by atoms with van der Waals surface area (Å²) in [5, 5.41) is 15.8. The summed E-state index contributed by atoms with van der Waals surface area (Å²) in [4.78, 5) is 0. The van der Waals surface area contributed by atoms with Crippen LogP contribution in [0.3, 0.4) is 0 Å². The van der Waals surface area contributed by atoms with E-state index in [4.69, 9.17) is 4.74 Å². The highest BCUT2D eigenvalue weighted by molar-refractivity contribution is 5.05. The average molecular weight is 251 g/mol. The highest BCUT2D eigenvalue weighted by Crippen LogP contribution is 2.31. The summed E-state index contributed by atoms with van der Waals surface area (Å²) in [5.41, 5.74) is -0.251. The molecule has 1 aliphatic heterocycles. The van der Waals surface area contributed by atoms with Gasteiger partial charge in [-0.15, -0.1) is 5.10 Å². The normalized spacial score (nSPS) is 30.5. The van der Waals surface area contributed by atoms with Crippen molar-refractivity contribution < 1.29 is 4.74 Å². The highest BCUT2D eigenvalue weighted by Gasteiger charge is 2.36. The van der Waals surface area contributed by atoms with Gasteiger partial charge in [-0.1, -0.05) is 19.3 Å². The molecule has 1 aromatic rings. The quantitative estimate of drug-likeness (QED) is 0.850. The predicted octanol–water partition coefficient (Wildman–Crippen LogP) is 1.01. The molecule has 1 saturated heterocycles. The Bertz CT molecular complexity index is 393. The molecule has 0 aromatic carbocycles. The number of tetrazole rings is 1. The molecule has 1 aliphatic carbocycles. The van der Waals surface area contributed by atoms with Crippen LogP contribution in [-0.2, 0) is 10.3 Å². The fraction of sp³-hybridized carbons (Fsp3) is 0.917. The molecule has 1 unspecified atom stereocenters. The molecule has 0 radical (unpaired) electrons. The summed E-state index contributed by atoms with van der Waals surface area (Å²) in [7, 11) is 0. The summed E-state index contributed by atoms with van der Waals surface area (Å²) in [6, 6.07) is 0.462. The zero-order valence-electron chi connectivity index (χ0n) is 10.9. The van der Waals surface area contributed by atoms with Gasteiger partial charge in [0.2, 0.25) is 0 Å². The molecule has 1 N–H and O–H groups in total. The third-order valence-corrected chi connectivity index (χ3v) is 4.06. The largest absolute Gasteiger partial charge is 0.378 e. The minimum Gasteiger partial charge on any atom is -0.378 e. The minimum absolute atomic E-state index is 0.251. The van der Waals surface area contributed by atoms with Crippen LogP contribution in [0.25, 0.3) is 0 Å². The SMILES string of the molecule is CC1(c2nnnn2C2CCCCC2)COCCN1. The van der Waals surface area contributed by atoms with Crippen LogP contribution in [0.2, 0.25) is 0 Å². The van der Waals surface area contributed by atoms with E-state index in [1.165, 1.54) is 32.1 Å². The number of morpholine rings is 1. The van der Waals surface area contributed by atoms with Gasteiger partial charge < -0.3 is 10.1 Å². The van der Waals surface area contributed by atoms with Gasteiger partial charge in [0, 0.05) is 6.54 Å². The zero-order chi connectivity index (χ0) is 12.4. The van der Waals surface area contributed by atoms with Gasteiger partial charge in [0.1, 0.15) is 5.54 Å². The molecule has 6 heteroatoms. The van der Waals surface area contributed by atoms with E-state index >= 15 is 0 Å². The van der Waals surface area contributed by atoms with Gasteiger partial charge in [-0.05, 0) is 30.2 Å². The Labute approximate surface area is 107 Å². The maximum atomic E-state index is 5.58. The second-order valence-corrected chi connectivity index (χ2v) is 5.55. The summed E-state index contributed by atoms with van der Waals surface area (Å²) < 4.78 is 7.61. The van der Waals surface area contributed by atoms with Crippen molar-refractivity contribution in [2.75, 3.05) is 19.8 Å². The number of nitrogens with one attached hydrogen (secondary N) is 1. The molecular weight excluding hydrogens is 230 g/mol. The highest BCUT2D eigenvalue weighted by atomic mass is 16.5. The first-order valence-electron chi connectivity index (χ1n) is 6.91. The molecule has 0 amide bonds. The Morgan fingerprint density at radius 3 is 2.89 bits per heavy atom. The van der Waals surface area contributed by atoms with Crippen LogP contribution in [0.1, 0.15) is 50.9 Å². The first kappa shape index (κ1) is 12.0. The minimum atomic E-state index is -0.251. The number of rotatable bonds is 2. The average Bonchev–Trinajstić information content (AvgIpc) is 2.91. The molecule has 2 fully saturated rings.